The van der Waals surface area contributed by atoms with Crippen LogP contribution in [0.1, 0.15) is 29.2 Å². The first-order chi connectivity index (χ1) is 14.5. The van der Waals surface area contributed by atoms with E-state index in [-0.39, 0.29) is 11.2 Å². The van der Waals surface area contributed by atoms with Gasteiger partial charge in [0.1, 0.15) is 5.25 Å². The lowest BCUT2D eigenvalue weighted by molar-refractivity contribution is -0.128. The summed E-state index contributed by atoms with van der Waals surface area (Å²) in [6.07, 6.45) is 2.32. The number of benzene rings is 2. The molecule has 2 aromatic carbocycles. The molecule has 2 heterocycles. The van der Waals surface area contributed by atoms with Gasteiger partial charge in [-0.2, -0.15) is 0 Å². The average Bonchev–Trinajstić information content (AvgIpc) is 3.42. The van der Waals surface area contributed by atoms with Crippen LogP contribution in [0, 0.1) is 6.92 Å². The van der Waals surface area contributed by atoms with Crippen molar-refractivity contribution in [2.24, 2.45) is 0 Å². The molecule has 1 aromatic heterocycles. The van der Waals surface area contributed by atoms with Crippen LogP contribution in [0.25, 0.3) is 5.69 Å². The largest absolute Gasteiger partial charge is 0.348 e. The highest BCUT2D eigenvalue weighted by Crippen LogP contribution is 2.38. The maximum Gasteiger partial charge on any atom is 0.240 e. The Morgan fingerprint density at radius 2 is 1.67 bits per heavy atom. The minimum Gasteiger partial charge on any atom is -0.348 e. The predicted octanol–water partition coefficient (Wildman–Crippen LogP) is 4.10. The first-order valence-electron chi connectivity index (χ1n) is 10.2. The summed E-state index contributed by atoms with van der Waals surface area (Å²) in [7, 11) is 3.58. The maximum absolute atomic E-state index is 13.0. The van der Waals surface area contributed by atoms with Gasteiger partial charge in [0, 0.05) is 27.2 Å². The molecule has 4 rings (SSSR count). The van der Waals surface area contributed by atoms with Gasteiger partial charge in [0.2, 0.25) is 11.9 Å². The zero-order valence-corrected chi connectivity index (χ0v) is 18.5. The van der Waals surface area contributed by atoms with Gasteiger partial charge < -0.3 is 9.80 Å². The lowest BCUT2D eigenvalue weighted by Gasteiger charge is -2.22. The lowest BCUT2D eigenvalue weighted by atomic mass is 10.1. The SMILES string of the molecule is Cc1ccc(-n2c(S[C@@H](C(=O)N(C)C)c3ccccc3)nnc2N2CCCC2)cc1. The Morgan fingerprint density at radius 1 is 1.00 bits per heavy atom. The van der Waals surface area contributed by atoms with Crippen LogP contribution in [0.5, 0.6) is 0 Å². The van der Waals surface area contributed by atoms with E-state index in [0.29, 0.717) is 0 Å². The quantitative estimate of drug-likeness (QED) is 0.561. The lowest BCUT2D eigenvalue weighted by Crippen LogP contribution is -2.27. The van der Waals surface area contributed by atoms with Crippen molar-refractivity contribution in [2.45, 2.75) is 30.2 Å². The fourth-order valence-corrected chi connectivity index (χ4v) is 4.81. The third kappa shape index (κ3) is 4.21. The molecule has 3 aromatic rings. The van der Waals surface area contributed by atoms with E-state index in [1.807, 2.05) is 30.3 Å². The number of rotatable bonds is 6. The fraction of sp³-hybridized carbons (Fsp3) is 0.348. The maximum atomic E-state index is 13.0. The van der Waals surface area contributed by atoms with Crippen molar-refractivity contribution in [3.63, 3.8) is 0 Å². The molecule has 1 atom stereocenters. The molecular weight excluding hydrogens is 394 g/mol. The third-order valence-electron chi connectivity index (χ3n) is 5.29. The van der Waals surface area contributed by atoms with Crippen LogP contribution < -0.4 is 4.90 Å². The molecule has 1 saturated heterocycles. The van der Waals surface area contributed by atoms with Crippen LogP contribution in [0.4, 0.5) is 5.95 Å². The summed E-state index contributed by atoms with van der Waals surface area (Å²) in [6, 6.07) is 18.2. The molecule has 0 radical (unpaired) electrons. The highest BCUT2D eigenvalue weighted by molar-refractivity contribution is 8.00. The Balaban J connectivity index is 1.77. The van der Waals surface area contributed by atoms with Crippen LogP contribution >= 0.6 is 11.8 Å². The molecule has 156 valence electrons. The van der Waals surface area contributed by atoms with Crippen molar-refractivity contribution in [2.75, 3.05) is 32.1 Å². The Morgan fingerprint density at radius 3 is 2.30 bits per heavy atom. The number of aryl methyl sites for hydroxylation is 1. The summed E-state index contributed by atoms with van der Waals surface area (Å²) < 4.78 is 2.09. The second-order valence-electron chi connectivity index (χ2n) is 7.79. The Kier molecular flexibility index (Phi) is 6.08. The molecule has 0 unspecified atom stereocenters. The van der Waals surface area contributed by atoms with Gasteiger partial charge in [-0.25, -0.2) is 0 Å². The molecule has 0 saturated carbocycles. The van der Waals surface area contributed by atoms with E-state index in [9.17, 15) is 4.79 Å². The van der Waals surface area contributed by atoms with E-state index in [4.69, 9.17) is 0 Å². The standard InChI is InChI=1S/C23H27N5OS/c1-17-11-13-19(14-12-17)28-22(27-15-7-8-16-27)24-25-23(28)30-20(21(29)26(2)3)18-9-5-4-6-10-18/h4-6,9-14,20H,7-8,15-16H2,1-3H3/t20-/m1/s1. The summed E-state index contributed by atoms with van der Waals surface area (Å²) >= 11 is 1.46. The zero-order valence-electron chi connectivity index (χ0n) is 17.7. The number of carbonyl (C=O) groups excluding carboxylic acids is 1. The summed E-state index contributed by atoms with van der Waals surface area (Å²) in [5.74, 6) is 0.885. The third-order valence-corrected chi connectivity index (χ3v) is 6.47. The fourth-order valence-electron chi connectivity index (χ4n) is 3.61. The van der Waals surface area contributed by atoms with Crippen LogP contribution in [0.2, 0.25) is 0 Å². The predicted molar refractivity (Wildman–Crippen MR) is 121 cm³/mol. The van der Waals surface area contributed by atoms with Crippen LogP contribution in [-0.4, -0.2) is 52.8 Å². The molecule has 6 nitrogen and oxygen atoms in total. The molecule has 0 aliphatic carbocycles. The monoisotopic (exact) mass is 421 g/mol. The molecule has 30 heavy (non-hydrogen) atoms. The summed E-state index contributed by atoms with van der Waals surface area (Å²) in [5.41, 5.74) is 3.18. The van der Waals surface area contributed by atoms with Gasteiger partial charge in [-0.15, -0.1) is 10.2 Å². The van der Waals surface area contributed by atoms with Crippen LogP contribution in [-0.2, 0) is 4.79 Å². The number of hydrogen-bond donors (Lipinski definition) is 0. The number of anilines is 1. The molecule has 1 aliphatic heterocycles. The van der Waals surface area contributed by atoms with E-state index in [0.717, 1.165) is 48.3 Å². The molecule has 0 N–H and O–H groups in total. The van der Waals surface area contributed by atoms with Gasteiger partial charge >= 0.3 is 0 Å². The minimum atomic E-state index is -0.388. The first kappa shape index (κ1) is 20.5. The van der Waals surface area contributed by atoms with Crippen molar-refractivity contribution in [1.29, 1.82) is 0 Å². The van der Waals surface area contributed by atoms with Gasteiger partial charge in [-0.05, 0) is 37.5 Å². The Hall–Kier alpha value is -2.80. The van der Waals surface area contributed by atoms with Crippen LogP contribution in [0.15, 0.2) is 59.8 Å². The Bertz CT molecular complexity index is 994. The molecule has 1 fully saturated rings. The molecule has 1 aliphatic rings. The van der Waals surface area contributed by atoms with Crippen molar-refractivity contribution >= 4 is 23.6 Å². The average molecular weight is 422 g/mol. The molecule has 1 amide bonds. The van der Waals surface area contributed by atoms with E-state index < -0.39 is 0 Å². The zero-order chi connectivity index (χ0) is 21.1. The molecular formula is C23H27N5OS. The van der Waals surface area contributed by atoms with Gasteiger partial charge in [0.05, 0.1) is 5.69 Å². The summed E-state index contributed by atoms with van der Waals surface area (Å²) in [6.45, 7) is 4.04. The molecule has 0 spiro atoms. The highest BCUT2D eigenvalue weighted by atomic mass is 32.2. The van der Waals surface area contributed by atoms with Crippen molar-refractivity contribution < 1.29 is 4.79 Å². The Labute approximate surface area is 181 Å². The van der Waals surface area contributed by atoms with E-state index in [2.05, 4.69) is 50.9 Å². The van der Waals surface area contributed by atoms with Crippen LogP contribution in [0.3, 0.4) is 0 Å². The number of nitrogens with zero attached hydrogens (tertiary/aromatic N) is 5. The number of aromatic nitrogens is 3. The smallest absolute Gasteiger partial charge is 0.240 e. The van der Waals surface area contributed by atoms with Gasteiger partial charge in [-0.1, -0.05) is 59.8 Å². The summed E-state index contributed by atoms with van der Waals surface area (Å²) in [4.78, 5) is 17.0. The van der Waals surface area contributed by atoms with Gasteiger partial charge in [0.15, 0.2) is 5.16 Å². The number of amides is 1. The second kappa shape index (κ2) is 8.92. The van der Waals surface area contributed by atoms with Crippen molar-refractivity contribution in [3.8, 4) is 5.69 Å². The van der Waals surface area contributed by atoms with Crippen molar-refractivity contribution in [1.82, 2.24) is 19.7 Å². The number of likely N-dealkylation sites (N-methyl/N-ethyl adjacent to an activating group) is 1. The number of thioether (sulfide) groups is 1. The van der Waals surface area contributed by atoms with E-state index in [1.54, 1.807) is 19.0 Å². The topological polar surface area (TPSA) is 54.3 Å². The normalized spacial score (nSPS) is 14.7. The van der Waals surface area contributed by atoms with Gasteiger partial charge in [-0.3, -0.25) is 9.36 Å². The number of hydrogen-bond acceptors (Lipinski definition) is 5. The molecule has 7 heteroatoms. The highest BCUT2D eigenvalue weighted by Gasteiger charge is 2.29. The van der Waals surface area contributed by atoms with E-state index in [1.165, 1.54) is 17.3 Å². The van der Waals surface area contributed by atoms with Crippen molar-refractivity contribution in [3.05, 3.63) is 65.7 Å². The van der Waals surface area contributed by atoms with E-state index >= 15 is 0 Å². The number of carbonyl (C=O) groups is 1. The van der Waals surface area contributed by atoms with Gasteiger partial charge in [0.25, 0.3) is 0 Å². The second-order valence-corrected chi connectivity index (χ2v) is 8.86. The summed E-state index contributed by atoms with van der Waals surface area (Å²) in [5, 5.41) is 9.41. The first-order valence-corrected chi connectivity index (χ1v) is 11.1. The minimum absolute atomic E-state index is 0.0346. The molecule has 0 bridgehead atoms.